The molecular formula is C43H52BFN6O6S. The maximum atomic E-state index is 16.7. The highest BCUT2D eigenvalue weighted by Crippen LogP contribution is 2.48. The van der Waals surface area contributed by atoms with Crippen molar-refractivity contribution in [2.75, 3.05) is 13.7 Å². The summed E-state index contributed by atoms with van der Waals surface area (Å²) >= 11 is 1.61. The number of ether oxygens (including phenoxy) is 2. The Labute approximate surface area is 343 Å². The van der Waals surface area contributed by atoms with Gasteiger partial charge >= 0.3 is 13.2 Å². The van der Waals surface area contributed by atoms with Crippen LogP contribution in [0.15, 0.2) is 48.8 Å². The molecule has 2 N–H and O–H groups in total. The molecule has 0 radical (unpaired) electrons. The third kappa shape index (κ3) is 7.30. The topological polar surface area (TPSA) is 133 Å². The third-order valence-electron chi connectivity index (χ3n) is 12.0. The Bertz CT molecular complexity index is 2350. The Morgan fingerprint density at radius 1 is 1.07 bits per heavy atom. The molecule has 306 valence electrons. The lowest BCUT2D eigenvalue weighted by Gasteiger charge is -2.32. The van der Waals surface area contributed by atoms with Gasteiger partial charge in [0.1, 0.15) is 23.4 Å². The minimum absolute atomic E-state index is 0.108. The molecule has 3 aromatic heterocycles. The molecule has 3 aliphatic heterocycles. The molecule has 0 saturated carbocycles. The summed E-state index contributed by atoms with van der Waals surface area (Å²) in [5.41, 5.74) is 3.11. The van der Waals surface area contributed by atoms with E-state index in [-0.39, 0.29) is 17.9 Å². The average Bonchev–Trinajstić information content (AvgIpc) is 4.00. The highest BCUT2D eigenvalue weighted by Gasteiger charge is 2.52. The summed E-state index contributed by atoms with van der Waals surface area (Å²) in [5.74, 6) is 0.851. The lowest BCUT2D eigenvalue weighted by Crippen LogP contribution is -2.52. The number of carbonyl (C=O) groups is 2. The molecule has 0 aliphatic carbocycles. The van der Waals surface area contributed by atoms with E-state index >= 15 is 4.39 Å². The average molecular weight is 811 g/mol. The smallest absolute Gasteiger partial charge is 0.464 e. The highest BCUT2D eigenvalue weighted by molar-refractivity contribution is 7.11. The van der Waals surface area contributed by atoms with Gasteiger partial charge in [0.2, 0.25) is 12.1 Å². The number of nitrogens with one attached hydrogen (secondary N) is 2. The molecule has 58 heavy (non-hydrogen) atoms. The maximum Gasteiger partial charge on any atom is 0.494 e. The fourth-order valence-corrected chi connectivity index (χ4v) is 9.35. The molecule has 1 unspecified atom stereocenters. The van der Waals surface area contributed by atoms with Gasteiger partial charge in [0.05, 0.1) is 56.9 Å². The number of H-pyrrole nitrogens is 1. The monoisotopic (exact) mass is 810 g/mol. The van der Waals surface area contributed by atoms with E-state index < -0.39 is 42.5 Å². The van der Waals surface area contributed by atoms with Gasteiger partial charge in [0.15, 0.2) is 0 Å². The number of aromatic nitrogens is 4. The number of hydrogen-bond acceptors (Lipinski definition) is 9. The molecule has 3 atom stereocenters. The summed E-state index contributed by atoms with van der Waals surface area (Å²) in [6.45, 7) is 16.9. The number of imidazole rings is 1. The lowest BCUT2D eigenvalue weighted by molar-refractivity contribution is -0.135. The Morgan fingerprint density at radius 2 is 1.83 bits per heavy atom. The molecule has 2 aromatic carbocycles. The zero-order valence-corrected chi connectivity index (χ0v) is 35.5. The first-order valence-electron chi connectivity index (χ1n) is 20.2. The molecule has 2 saturated heterocycles. The predicted molar refractivity (Wildman–Crippen MR) is 223 cm³/mol. The van der Waals surface area contributed by atoms with Crippen molar-refractivity contribution in [1.29, 1.82) is 0 Å². The van der Waals surface area contributed by atoms with Crippen LogP contribution in [0.25, 0.3) is 33.4 Å². The molecular weight excluding hydrogens is 758 g/mol. The van der Waals surface area contributed by atoms with E-state index in [0.29, 0.717) is 53.0 Å². The molecule has 2 fully saturated rings. The number of aromatic amines is 1. The summed E-state index contributed by atoms with van der Waals surface area (Å²) in [5, 5.41) is 4.64. The number of methoxy groups -OCH3 is 1. The van der Waals surface area contributed by atoms with E-state index in [1.54, 1.807) is 17.5 Å². The van der Waals surface area contributed by atoms with Crippen LogP contribution >= 0.6 is 11.3 Å². The van der Waals surface area contributed by atoms with Crippen molar-refractivity contribution in [1.82, 2.24) is 29.7 Å². The van der Waals surface area contributed by atoms with Crippen molar-refractivity contribution in [3.05, 3.63) is 70.3 Å². The molecule has 0 bridgehead atoms. The number of carbonyl (C=O) groups excluding carboxylic acids is 2. The van der Waals surface area contributed by atoms with E-state index in [1.165, 1.54) is 13.2 Å². The van der Waals surface area contributed by atoms with E-state index in [4.69, 9.17) is 23.8 Å². The highest BCUT2D eigenvalue weighted by atomic mass is 32.1. The summed E-state index contributed by atoms with van der Waals surface area (Å²) < 4.78 is 43.1. The van der Waals surface area contributed by atoms with Gasteiger partial charge < -0.3 is 34.0 Å². The molecule has 8 rings (SSSR count). The van der Waals surface area contributed by atoms with Crippen molar-refractivity contribution in [2.24, 2.45) is 11.8 Å². The summed E-state index contributed by atoms with van der Waals surface area (Å²) in [7, 11) is 0.745. The third-order valence-corrected chi connectivity index (χ3v) is 13.0. The number of benzene rings is 2. The van der Waals surface area contributed by atoms with Crippen molar-refractivity contribution >= 4 is 46.8 Å². The van der Waals surface area contributed by atoms with Crippen LogP contribution in [-0.4, -0.2) is 80.5 Å². The van der Waals surface area contributed by atoms with Gasteiger partial charge in [-0.25, -0.2) is 19.2 Å². The van der Waals surface area contributed by atoms with Crippen LogP contribution in [0, 0.1) is 17.7 Å². The van der Waals surface area contributed by atoms with Crippen molar-refractivity contribution < 1.29 is 32.8 Å². The van der Waals surface area contributed by atoms with Crippen molar-refractivity contribution in [3.8, 4) is 28.3 Å². The first kappa shape index (κ1) is 40.1. The first-order valence-corrected chi connectivity index (χ1v) is 21.0. The van der Waals surface area contributed by atoms with Crippen LogP contribution in [0.5, 0.6) is 5.75 Å². The number of thiazole rings is 1. The molecule has 12 nitrogen and oxygen atoms in total. The van der Waals surface area contributed by atoms with Crippen LogP contribution in [-0.2, 0) is 31.7 Å². The minimum Gasteiger partial charge on any atom is -0.464 e. The number of fused-ring (bicyclic) bond motifs is 5. The van der Waals surface area contributed by atoms with Gasteiger partial charge in [-0.05, 0) is 82.1 Å². The first-order chi connectivity index (χ1) is 27.5. The van der Waals surface area contributed by atoms with E-state index in [0.717, 1.165) is 45.5 Å². The number of nitrogens with zero attached hydrogens (tertiary/aromatic N) is 4. The molecule has 3 aliphatic rings. The predicted octanol–water partition coefficient (Wildman–Crippen LogP) is 7.65. The van der Waals surface area contributed by atoms with Gasteiger partial charge in [-0.2, -0.15) is 0 Å². The van der Waals surface area contributed by atoms with Gasteiger partial charge in [0.25, 0.3) is 0 Å². The Balaban J connectivity index is 1.12. The molecule has 15 heteroatoms. The normalized spacial score (nSPS) is 20.1. The van der Waals surface area contributed by atoms with Crippen molar-refractivity contribution in [2.45, 2.75) is 111 Å². The summed E-state index contributed by atoms with van der Waals surface area (Å²) in [6, 6.07) is 10.7. The standard InChI is InChI=1S/C43H52BFN6O6S/c1-23(2)15-36-47-22-34(58-36)40-51-31-13-12-27(44-56-42(5,6)43(7,8)57-44)16-26(31)18-32(51)37-29(45)17-25(19-33(37)55-40)30-21-46-35(48-30)20-28-11-10-14-50(28)39(52)38(24(3)4)49-41(53)54-9/h12-13,16-19,21-24,28,38,40H,10-11,14-15,20H2,1-9H3,(H,46,48)(H,49,53)/t28-,38-,40?/m0/s1. The minimum atomic E-state index is -0.704. The van der Waals surface area contributed by atoms with E-state index in [2.05, 4.69) is 39.8 Å². The SMILES string of the molecule is COC(=O)N[C@H](C(=O)N1CCC[C@H]1Cc1ncc(-c2cc(F)c3c(c2)OC(c2cnc(CC(C)C)s2)n2c-3cc3cc(B4OC(C)(C)C(C)(C)O4)ccc32)[nH]1)C(C)C. The second kappa shape index (κ2) is 15.1. The van der Waals surface area contributed by atoms with Crippen molar-refractivity contribution in [3.63, 3.8) is 0 Å². The molecule has 5 aromatic rings. The fourth-order valence-electron chi connectivity index (χ4n) is 8.20. The quantitative estimate of drug-likeness (QED) is 0.138. The molecule has 6 heterocycles. The van der Waals surface area contributed by atoms with Gasteiger partial charge in [-0.3, -0.25) is 9.36 Å². The summed E-state index contributed by atoms with van der Waals surface area (Å²) in [4.78, 5) is 41.2. The second-order valence-corrected chi connectivity index (χ2v) is 18.6. The lowest BCUT2D eigenvalue weighted by atomic mass is 9.78. The van der Waals surface area contributed by atoms with Gasteiger partial charge in [-0.15, -0.1) is 11.3 Å². The molecule has 0 spiro atoms. The van der Waals surface area contributed by atoms with Crippen LogP contribution in [0.2, 0.25) is 0 Å². The van der Waals surface area contributed by atoms with Crippen LogP contribution in [0.3, 0.4) is 0 Å². The van der Waals surface area contributed by atoms with Crippen LogP contribution < -0.4 is 15.5 Å². The Hall–Kier alpha value is -4.73. The number of amides is 2. The maximum absolute atomic E-state index is 16.7. The van der Waals surface area contributed by atoms with Gasteiger partial charge in [0, 0.05) is 42.6 Å². The number of hydrogen-bond donors (Lipinski definition) is 2. The Kier molecular flexibility index (Phi) is 10.5. The zero-order valence-electron chi connectivity index (χ0n) is 34.6. The van der Waals surface area contributed by atoms with Gasteiger partial charge in [-0.1, -0.05) is 39.8 Å². The number of likely N-dealkylation sites (tertiary alicyclic amines) is 1. The fraction of sp³-hybridized carbons (Fsp3) is 0.488. The zero-order chi connectivity index (χ0) is 41.3. The second-order valence-electron chi connectivity index (χ2n) is 17.5. The number of halogens is 1. The number of alkyl carbamates (subject to hydrolysis) is 1. The van der Waals surface area contributed by atoms with E-state index in [1.807, 2.05) is 76.9 Å². The largest absolute Gasteiger partial charge is 0.494 e. The van der Waals surface area contributed by atoms with Crippen LogP contribution in [0.4, 0.5) is 9.18 Å². The van der Waals surface area contributed by atoms with Crippen LogP contribution in [0.1, 0.15) is 90.2 Å². The molecule has 2 amide bonds. The summed E-state index contributed by atoms with van der Waals surface area (Å²) in [6.07, 6.45) is 5.33. The number of rotatable bonds is 10. The van der Waals surface area contributed by atoms with E-state index in [9.17, 15) is 9.59 Å². The Morgan fingerprint density at radius 3 is 2.53 bits per heavy atom.